The second kappa shape index (κ2) is 8.21. The molecule has 0 aliphatic rings. The van der Waals surface area contributed by atoms with Gasteiger partial charge in [0.15, 0.2) is 5.65 Å². The zero-order chi connectivity index (χ0) is 20.3. The van der Waals surface area contributed by atoms with E-state index in [0.29, 0.717) is 23.2 Å². The predicted octanol–water partition coefficient (Wildman–Crippen LogP) is 3.03. The van der Waals surface area contributed by atoms with Crippen LogP contribution in [0.3, 0.4) is 0 Å². The van der Waals surface area contributed by atoms with Crippen molar-refractivity contribution in [2.45, 2.75) is 34.1 Å². The molecule has 146 valence electrons. The van der Waals surface area contributed by atoms with E-state index in [1.807, 2.05) is 45.0 Å². The van der Waals surface area contributed by atoms with E-state index in [-0.39, 0.29) is 24.8 Å². The normalized spacial score (nSPS) is 10.9. The van der Waals surface area contributed by atoms with Crippen molar-refractivity contribution in [2.75, 3.05) is 13.2 Å². The minimum atomic E-state index is -0.331. The highest BCUT2D eigenvalue weighted by Crippen LogP contribution is 2.25. The Hall–Kier alpha value is -3.22. The third kappa shape index (κ3) is 4.03. The summed E-state index contributed by atoms with van der Waals surface area (Å²) < 4.78 is 6.64. The highest BCUT2D eigenvalue weighted by Gasteiger charge is 2.19. The lowest BCUT2D eigenvalue weighted by Crippen LogP contribution is -2.27. The number of aryl methyl sites for hydroxylation is 3. The summed E-state index contributed by atoms with van der Waals surface area (Å²) >= 11 is 0. The van der Waals surface area contributed by atoms with Crippen LogP contribution in [0.4, 0.5) is 0 Å². The van der Waals surface area contributed by atoms with Crippen molar-refractivity contribution in [1.29, 1.82) is 0 Å². The van der Waals surface area contributed by atoms with Gasteiger partial charge in [-0.25, -0.2) is 9.67 Å². The summed E-state index contributed by atoms with van der Waals surface area (Å²) in [5, 5.41) is 8.10. The number of aromatic nitrogens is 3. The van der Waals surface area contributed by atoms with E-state index in [1.165, 1.54) is 0 Å². The number of carbonyl (C=O) groups excluding carboxylic acids is 2. The van der Waals surface area contributed by atoms with Gasteiger partial charge in [0.05, 0.1) is 35.4 Å². The van der Waals surface area contributed by atoms with E-state index in [1.54, 1.807) is 17.7 Å². The van der Waals surface area contributed by atoms with Gasteiger partial charge in [0.25, 0.3) is 5.91 Å². The average Bonchev–Trinajstić information content (AvgIpc) is 2.98. The number of benzene rings is 1. The van der Waals surface area contributed by atoms with Crippen LogP contribution in [0, 0.1) is 20.8 Å². The molecule has 1 aromatic carbocycles. The number of esters is 1. The van der Waals surface area contributed by atoms with E-state index >= 15 is 0 Å². The SMILES string of the molecule is CCOC(=O)CCNC(=O)c1cc(C)nc2c1c(C)nn2-c1ccc(C)cc1. The molecule has 2 heterocycles. The fourth-order valence-corrected chi connectivity index (χ4v) is 3.07. The summed E-state index contributed by atoms with van der Waals surface area (Å²) in [6.45, 7) is 8.02. The zero-order valence-electron chi connectivity index (χ0n) is 16.6. The van der Waals surface area contributed by atoms with E-state index in [9.17, 15) is 9.59 Å². The minimum Gasteiger partial charge on any atom is -0.466 e. The number of nitrogens with zero attached hydrogens (tertiary/aromatic N) is 3. The van der Waals surface area contributed by atoms with Gasteiger partial charge in [-0.1, -0.05) is 17.7 Å². The maximum Gasteiger partial charge on any atom is 0.307 e. The highest BCUT2D eigenvalue weighted by atomic mass is 16.5. The van der Waals surface area contributed by atoms with Crippen molar-refractivity contribution in [3.63, 3.8) is 0 Å². The quantitative estimate of drug-likeness (QED) is 0.664. The molecule has 1 amide bonds. The van der Waals surface area contributed by atoms with Gasteiger partial charge in [0.1, 0.15) is 0 Å². The summed E-state index contributed by atoms with van der Waals surface area (Å²) in [7, 11) is 0. The van der Waals surface area contributed by atoms with Crippen LogP contribution in [0.2, 0.25) is 0 Å². The molecule has 0 saturated carbocycles. The maximum atomic E-state index is 12.8. The smallest absolute Gasteiger partial charge is 0.307 e. The zero-order valence-corrected chi connectivity index (χ0v) is 16.6. The molecular weight excluding hydrogens is 356 g/mol. The number of fused-ring (bicyclic) bond motifs is 1. The summed E-state index contributed by atoms with van der Waals surface area (Å²) in [6.07, 6.45) is 0.133. The fraction of sp³-hybridized carbons (Fsp3) is 0.333. The molecule has 0 atom stereocenters. The molecule has 7 nitrogen and oxygen atoms in total. The standard InChI is InChI=1S/C21H24N4O3/c1-5-28-18(26)10-11-22-21(27)17-12-14(3)23-20-19(17)15(4)24-25(20)16-8-6-13(2)7-9-16/h6-9,12H,5,10-11H2,1-4H3,(H,22,27). The topological polar surface area (TPSA) is 86.1 Å². The molecule has 0 saturated heterocycles. The van der Waals surface area contributed by atoms with Crippen molar-refractivity contribution in [3.8, 4) is 5.69 Å². The molecule has 0 fully saturated rings. The number of pyridine rings is 1. The lowest BCUT2D eigenvalue weighted by Gasteiger charge is -2.08. The average molecular weight is 380 g/mol. The first-order chi connectivity index (χ1) is 13.4. The monoisotopic (exact) mass is 380 g/mol. The Kier molecular flexibility index (Phi) is 5.73. The first-order valence-corrected chi connectivity index (χ1v) is 9.28. The molecule has 0 spiro atoms. The van der Waals surface area contributed by atoms with E-state index in [0.717, 1.165) is 22.6 Å². The molecule has 0 aliphatic carbocycles. The second-order valence-electron chi connectivity index (χ2n) is 6.65. The highest BCUT2D eigenvalue weighted by molar-refractivity contribution is 6.06. The van der Waals surface area contributed by atoms with Crippen LogP contribution in [0.25, 0.3) is 16.7 Å². The Morgan fingerprint density at radius 3 is 2.54 bits per heavy atom. The van der Waals surface area contributed by atoms with E-state index in [2.05, 4.69) is 15.4 Å². The minimum absolute atomic E-state index is 0.133. The van der Waals surface area contributed by atoms with Crippen molar-refractivity contribution >= 4 is 22.9 Å². The largest absolute Gasteiger partial charge is 0.466 e. The lowest BCUT2D eigenvalue weighted by atomic mass is 10.1. The number of carbonyl (C=O) groups is 2. The molecule has 1 N–H and O–H groups in total. The Bertz CT molecular complexity index is 1020. The number of rotatable bonds is 6. The first kappa shape index (κ1) is 19.5. The number of amides is 1. The van der Waals surface area contributed by atoms with Crippen LogP contribution in [0.15, 0.2) is 30.3 Å². The van der Waals surface area contributed by atoms with E-state index in [4.69, 9.17) is 4.74 Å². The summed E-state index contributed by atoms with van der Waals surface area (Å²) in [5.74, 6) is -0.589. The van der Waals surface area contributed by atoms with Crippen LogP contribution in [-0.2, 0) is 9.53 Å². The molecule has 7 heteroatoms. The van der Waals surface area contributed by atoms with Gasteiger partial charge in [0, 0.05) is 12.2 Å². The first-order valence-electron chi connectivity index (χ1n) is 9.28. The molecule has 3 rings (SSSR count). The molecular formula is C21H24N4O3. The fourth-order valence-electron chi connectivity index (χ4n) is 3.07. The summed E-state index contributed by atoms with van der Waals surface area (Å²) in [5.41, 5.74) is 4.62. The van der Waals surface area contributed by atoms with Crippen LogP contribution in [0.5, 0.6) is 0 Å². The van der Waals surface area contributed by atoms with Crippen molar-refractivity contribution in [1.82, 2.24) is 20.1 Å². The summed E-state index contributed by atoms with van der Waals surface area (Å²) in [6, 6.07) is 9.72. The number of hydrogen-bond acceptors (Lipinski definition) is 5. The van der Waals surface area contributed by atoms with Gasteiger partial charge in [0.2, 0.25) is 0 Å². The van der Waals surface area contributed by atoms with E-state index < -0.39 is 0 Å². The van der Waals surface area contributed by atoms with Crippen LogP contribution in [-0.4, -0.2) is 39.8 Å². The van der Waals surface area contributed by atoms with Crippen molar-refractivity contribution < 1.29 is 14.3 Å². The Morgan fingerprint density at radius 2 is 1.86 bits per heavy atom. The number of hydrogen-bond donors (Lipinski definition) is 1. The van der Waals surface area contributed by atoms with Crippen molar-refractivity contribution in [2.24, 2.45) is 0 Å². The van der Waals surface area contributed by atoms with Gasteiger partial charge >= 0.3 is 5.97 Å². The van der Waals surface area contributed by atoms with Gasteiger partial charge in [-0.05, 0) is 45.9 Å². The Morgan fingerprint density at radius 1 is 1.14 bits per heavy atom. The van der Waals surface area contributed by atoms with Crippen molar-refractivity contribution in [3.05, 3.63) is 52.8 Å². The van der Waals surface area contributed by atoms with Gasteiger partial charge in [-0.15, -0.1) is 0 Å². The third-order valence-electron chi connectivity index (χ3n) is 4.38. The Balaban J connectivity index is 1.94. The predicted molar refractivity (Wildman–Crippen MR) is 107 cm³/mol. The van der Waals surface area contributed by atoms with Crippen LogP contribution in [0.1, 0.15) is 40.7 Å². The molecule has 0 aliphatic heterocycles. The van der Waals surface area contributed by atoms with Crippen LogP contribution >= 0.6 is 0 Å². The molecule has 0 unspecified atom stereocenters. The molecule has 0 radical (unpaired) electrons. The van der Waals surface area contributed by atoms with Gasteiger partial charge in [-0.3, -0.25) is 9.59 Å². The maximum absolute atomic E-state index is 12.8. The molecule has 3 aromatic rings. The third-order valence-corrected chi connectivity index (χ3v) is 4.38. The lowest BCUT2D eigenvalue weighted by molar-refractivity contribution is -0.142. The second-order valence-corrected chi connectivity index (χ2v) is 6.65. The number of nitrogens with one attached hydrogen (secondary N) is 1. The van der Waals surface area contributed by atoms with Gasteiger partial charge < -0.3 is 10.1 Å². The molecule has 0 bridgehead atoms. The number of ether oxygens (including phenoxy) is 1. The van der Waals surface area contributed by atoms with Crippen LogP contribution < -0.4 is 5.32 Å². The molecule has 2 aromatic heterocycles. The van der Waals surface area contributed by atoms with Gasteiger partial charge in [-0.2, -0.15) is 5.10 Å². The summed E-state index contributed by atoms with van der Waals surface area (Å²) in [4.78, 5) is 28.9. The Labute approximate surface area is 163 Å². The molecule has 28 heavy (non-hydrogen) atoms.